The number of hydrogen-bond acceptors (Lipinski definition) is 6. The van der Waals surface area contributed by atoms with Gasteiger partial charge in [0.2, 0.25) is 0 Å². The predicted octanol–water partition coefficient (Wildman–Crippen LogP) is 4.50. The van der Waals surface area contributed by atoms with Crippen molar-refractivity contribution in [3.63, 3.8) is 0 Å². The van der Waals surface area contributed by atoms with Gasteiger partial charge >= 0.3 is 0 Å². The van der Waals surface area contributed by atoms with Crippen LogP contribution in [0.3, 0.4) is 0 Å². The maximum Gasteiger partial charge on any atom is 0.198 e. The lowest BCUT2D eigenvalue weighted by Gasteiger charge is -2.08. The Morgan fingerprint density at radius 2 is 1.71 bits per heavy atom. The molecule has 0 atom stereocenters. The van der Waals surface area contributed by atoms with E-state index in [4.69, 9.17) is 10.1 Å². The number of unbranched alkanes of at least 4 members (excludes halogenated alkanes) is 1. The number of aromatic amines is 1. The molecule has 34 heavy (non-hydrogen) atoms. The molecule has 3 aromatic heterocycles. The molecule has 5 rings (SSSR count). The molecule has 5 aromatic rings. The Balaban J connectivity index is 1.38. The van der Waals surface area contributed by atoms with Gasteiger partial charge in [-0.1, -0.05) is 74.0 Å². The maximum atomic E-state index is 4.90. The van der Waals surface area contributed by atoms with E-state index in [1.54, 1.807) is 6.20 Å². The monoisotopic (exact) mass is 450 g/mol. The highest BCUT2D eigenvalue weighted by Crippen LogP contribution is 2.28. The molecule has 0 fully saturated rings. The molecule has 0 radical (unpaired) electrons. The largest absolute Gasteiger partial charge is 0.252 e. The number of H-pyrrole nitrogens is 1. The van der Waals surface area contributed by atoms with Gasteiger partial charge in [-0.25, -0.2) is 14.8 Å². The molecular weight excluding hydrogens is 424 g/mol. The van der Waals surface area contributed by atoms with Crippen LogP contribution in [0.25, 0.3) is 22.6 Å². The second-order valence-corrected chi connectivity index (χ2v) is 8.21. The van der Waals surface area contributed by atoms with Gasteiger partial charge in [0.25, 0.3) is 0 Å². The summed E-state index contributed by atoms with van der Waals surface area (Å²) >= 11 is 0. The standard InChI is InChI=1S/C26H26N8/c1-2-3-16-34-24(28-23(31-34)17-19-8-5-4-6-9-19)18-20-11-13-21(14-12-20)22-10-7-15-27-25(22)26-29-32-33-30-26/h4-15H,2-3,16-18H2,1H3,(H,29,30,32,33). The van der Waals surface area contributed by atoms with Crippen LogP contribution in [-0.4, -0.2) is 40.4 Å². The van der Waals surface area contributed by atoms with Crippen LogP contribution >= 0.6 is 0 Å². The second-order valence-electron chi connectivity index (χ2n) is 8.21. The normalized spacial score (nSPS) is 11.1. The van der Waals surface area contributed by atoms with E-state index < -0.39 is 0 Å². The van der Waals surface area contributed by atoms with E-state index in [1.807, 2.05) is 18.2 Å². The highest BCUT2D eigenvalue weighted by atomic mass is 15.5. The average molecular weight is 451 g/mol. The van der Waals surface area contributed by atoms with Crippen molar-refractivity contribution in [2.75, 3.05) is 0 Å². The molecule has 0 bridgehead atoms. The lowest BCUT2D eigenvalue weighted by molar-refractivity contribution is 0.546. The van der Waals surface area contributed by atoms with Gasteiger partial charge in [-0.3, -0.25) is 4.98 Å². The predicted molar refractivity (Wildman–Crippen MR) is 130 cm³/mol. The van der Waals surface area contributed by atoms with Crippen molar-refractivity contribution < 1.29 is 0 Å². The average Bonchev–Trinajstić information content (AvgIpc) is 3.54. The smallest absolute Gasteiger partial charge is 0.198 e. The van der Waals surface area contributed by atoms with Gasteiger partial charge in [0.15, 0.2) is 11.6 Å². The number of nitrogens with zero attached hydrogens (tertiary/aromatic N) is 7. The van der Waals surface area contributed by atoms with Crippen LogP contribution in [0.15, 0.2) is 72.9 Å². The number of aryl methyl sites for hydroxylation is 1. The molecule has 2 aromatic carbocycles. The summed E-state index contributed by atoms with van der Waals surface area (Å²) in [6.07, 6.45) is 5.42. The van der Waals surface area contributed by atoms with E-state index in [2.05, 4.69) is 85.7 Å². The van der Waals surface area contributed by atoms with Gasteiger partial charge < -0.3 is 0 Å². The molecule has 8 heteroatoms. The lowest BCUT2D eigenvalue weighted by Crippen LogP contribution is -2.06. The summed E-state index contributed by atoms with van der Waals surface area (Å²) in [5, 5.41) is 19.0. The Morgan fingerprint density at radius 3 is 2.47 bits per heavy atom. The number of benzene rings is 2. The Labute approximate surface area is 198 Å². The zero-order valence-corrected chi connectivity index (χ0v) is 19.1. The molecule has 0 spiro atoms. The van der Waals surface area contributed by atoms with Crippen molar-refractivity contribution in [3.05, 3.63) is 95.7 Å². The van der Waals surface area contributed by atoms with Crippen molar-refractivity contribution in [1.29, 1.82) is 0 Å². The number of aromatic nitrogens is 8. The van der Waals surface area contributed by atoms with Gasteiger partial charge in [-0.05, 0) is 39.6 Å². The third-order valence-electron chi connectivity index (χ3n) is 5.73. The van der Waals surface area contributed by atoms with Crippen molar-refractivity contribution >= 4 is 0 Å². The van der Waals surface area contributed by atoms with E-state index in [0.29, 0.717) is 5.82 Å². The summed E-state index contributed by atoms with van der Waals surface area (Å²) < 4.78 is 2.08. The van der Waals surface area contributed by atoms with Crippen molar-refractivity contribution in [1.82, 2.24) is 40.4 Å². The fraction of sp³-hybridized carbons (Fsp3) is 0.231. The zero-order valence-electron chi connectivity index (χ0n) is 19.1. The highest BCUT2D eigenvalue weighted by molar-refractivity contribution is 5.77. The molecule has 8 nitrogen and oxygen atoms in total. The van der Waals surface area contributed by atoms with E-state index in [1.165, 1.54) is 11.1 Å². The number of tetrazole rings is 1. The molecule has 0 amide bonds. The SMILES string of the molecule is CCCCn1nc(Cc2ccccc2)nc1Cc1ccc(-c2cccnc2-c2nnn[nH]2)cc1. The van der Waals surface area contributed by atoms with Gasteiger partial charge in [-0.15, -0.1) is 5.10 Å². The Kier molecular flexibility index (Phi) is 6.47. The molecule has 0 aliphatic carbocycles. The van der Waals surface area contributed by atoms with Crippen LogP contribution in [0.2, 0.25) is 0 Å². The minimum atomic E-state index is 0.551. The molecule has 0 unspecified atom stereocenters. The summed E-state index contributed by atoms with van der Waals surface area (Å²) in [5.41, 5.74) is 5.17. The summed E-state index contributed by atoms with van der Waals surface area (Å²) in [5.74, 6) is 2.42. The number of nitrogens with one attached hydrogen (secondary N) is 1. The van der Waals surface area contributed by atoms with Crippen molar-refractivity contribution in [3.8, 4) is 22.6 Å². The summed E-state index contributed by atoms with van der Waals surface area (Å²) in [6.45, 7) is 3.08. The molecule has 3 heterocycles. The van der Waals surface area contributed by atoms with Crippen LogP contribution in [0, 0.1) is 0 Å². The molecular formula is C26H26N8. The van der Waals surface area contributed by atoms with Gasteiger partial charge in [0, 0.05) is 31.1 Å². The molecule has 0 saturated heterocycles. The molecule has 0 aliphatic heterocycles. The Morgan fingerprint density at radius 1 is 0.882 bits per heavy atom. The first-order chi connectivity index (χ1) is 16.8. The van der Waals surface area contributed by atoms with Gasteiger partial charge in [0.05, 0.1) is 0 Å². The molecule has 1 N–H and O–H groups in total. The highest BCUT2D eigenvalue weighted by Gasteiger charge is 2.14. The lowest BCUT2D eigenvalue weighted by atomic mass is 10.0. The second kappa shape index (κ2) is 10.2. The Bertz CT molecular complexity index is 1330. The fourth-order valence-electron chi connectivity index (χ4n) is 3.97. The minimum Gasteiger partial charge on any atom is -0.252 e. The summed E-state index contributed by atoms with van der Waals surface area (Å²) in [6, 6.07) is 22.8. The first-order valence-electron chi connectivity index (χ1n) is 11.5. The van der Waals surface area contributed by atoms with Crippen LogP contribution in [0.4, 0.5) is 0 Å². The van der Waals surface area contributed by atoms with Gasteiger partial charge in [0.1, 0.15) is 11.5 Å². The minimum absolute atomic E-state index is 0.551. The van der Waals surface area contributed by atoms with Gasteiger partial charge in [-0.2, -0.15) is 5.10 Å². The third-order valence-corrected chi connectivity index (χ3v) is 5.73. The topological polar surface area (TPSA) is 98.1 Å². The maximum absolute atomic E-state index is 4.90. The number of hydrogen-bond donors (Lipinski definition) is 1. The fourth-order valence-corrected chi connectivity index (χ4v) is 3.97. The number of pyridine rings is 1. The van der Waals surface area contributed by atoms with E-state index in [-0.39, 0.29) is 0 Å². The van der Waals surface area contributed by atoms with E-state index in [0.717, 1.165) is 60.7 Å². The van der Waals surface area contributed by atoms with Crippen LogP contribution in [-0.2, 0) is 19.4 Å². The number of rotatable bonds is 9. The van der Waals surface area contributed by atoms with Crippen LogP contribution in [0.1, 0.15) is 42.5 Å². The first kappa shape index (κ1) is 21.6. The van der Waals surface area contributed by atoms with E-state index in [9.17, 15) is 0 Å². The van der Waals surface area contributed by atoms with Crippen LogP contribution < -0.4 is 0 Å². The molecule has 0 saturated carbocycles. The zero-order chi connectivity index (χ0) is 23.2. The molecule has 0 aliphatic rings. The third kappa shape index (κ3) is 4.91. The quantitative estimate of drug-likeness (QED) is 0.355. The first-order valence-corrected chi connectivity index (χ1v) is 11.5. The van der Waals surface area contributed by atoms with Crippen molar-refractivity contribution in [2.24, 2.45) is 0 Å². The van der Waals surface area contributed by atoms with Crippen molar-refractivity contribution in [2.45, 2.75) is 39.2 Å². The summed E-state index contributed by atoms with van der Waals surface area (Å²) in [4.78, 5) is 9.37. The van der Waals surface area contributed by atoms with E-state index >= 15 is 0 Å². The molecule has 170 valence electrons. The van der Waals surface area contributed by atoms with Crippen LogP contribution in [0.5, 0.6) is 0 Å². The summed E-state index contributed by atoms with van der Waals surface area (Å²) in [7, 11) is 0. The Hall–Kier alpha value is -4.20.